The first-order valence-corrected chi connectivity index (χ1v) is 22.6. The van der Waals surface area contributed by atoms with Gasteiger partial charge in [-0.15, -0.1) is 0 Å². The molecular formula is C46H63N11O14. The van der Waals surface area contributed by atoms with E-state index in [-0.39, 0.29) is 38.0 Å². The predicted molar refractivity (Wildman–Crippen MR) is 253 cm³/mol. The Kier molecular flexibility index (Phi) is 23.1. The molecule has 9 amide bonds. The number of nitrogens with one attached hydrogen (secondary N) is 8. The standard InChI is InChI=1S/C46H63N11O14/c1-24(2)18-32(52-38(61)23-51-40(64)28(47)12-15-39(62)63)42(66)56-34(20-26-22-50-29-11-7-6-10-27(26)29)44(68)53-30(13-14-36(48)59)41(65)55-33(19-25-8-4-3-5-9-25)43(67)57-35(21-37(49)60)45(69)54-31(16-17-58)46(70)71/h3-11,22,24,28,30-35,50,58H,12-21,23,47H2,1-2H3,(H2,48,59)(H2,49,60)(H,51,64)(H,52,61)(H,53,68)(H,54,69)(H,55,65)(H,56,66)(H,57,67)(H,62,63)(H,70,71)/t28-,30-,31-,32-,33-,34-,35-/m0/s1. The van der Waals surface area contributed by atoms with Gasteiger partial charge in [-0.05, 0) is 42.4 Å². The maximum atomic E-state index is 14.5. The number of aromatic nitrogens is 1. The Balaban J connectivity index is 1.96. The van der Waals surface area contributed by atoms with E-state index in [2.05, 4.69) is 42.2 Å². The van der Waals surface area contributed by atoms with Crippen molar-refractivity contribution in [1.82, 2.24) is 42.2 Å². The van der Waals surface area contributed by atoms with Crippen molar-refractivity contribution < 1.29 is 68.1 Å². The molecule has 0 aliphatic rings. The van der Waals surface area contributed by atoms with Crippen molar-refractivity contribution in [2.45, 2.75) is 114 Å². The van der Waals surface area contributed by atoms with Crippen LogP contribution in [-0.4, -0.2) is 141 Å². The number of aliphatic hydroxyl groups is 1. The molecule has 0 radical (unpaired) electrons. The number of amides is 9. The van der Waals surface area contributed by atoms with Crippen molar-refractivity contribution >= 4 is 76.0 Å². The van der Waals surface area contributed by atoms with Gasteiger partial charge in [0, 0.05) is 55.8 Å². The minimum absolute atomic E-state index is 0.0460. The van der Waals surface area contributed by atoms with Crippen molar-refractivity contribution in [1.29, 1.82) is 0 Å². The molecule has 7 atom stereocenters. The molecule has 1 aromatic heterocycles. The molecule has 386 valence electrons. The maximum Gasteiger partial charge on any atom is 0.326 e. The van der Waals surface area contributed by atoms with Crippen LogP contribution < -0.4 is 54.4 Å². The molecule has 1 heterocycles. The van der Waals surface area contributed by atoms with Gasteiger partial charge in [-0.2, -0.15) is 0 Å². The first kappa shape index (κ1) is 57.4. The van der Waals surface area contributed by atoms with Gasteiger partial charge in [0.2, 0.25) is 53.2 Å². The number of aromatic amines is 1. The molecule has 2 aromatic carbocycles. The first-order chi connectivity index (χ1) is 33.6. The number of carboxylic acids is 2. The Bertz CT molecular complexity index is 2380. The number of aliphatic hydroxyl groups excluding tert-OH is 1. The lowest BCUT2D eigenvalue weighted by Crippen LogP contribution is -2.60. The maximum absolute atomic E-state index is 14.5. The topological polar surface area (TPSA) is 427 Å². The lowest BCUT2D eigenvalue weighted by molar-refractivity contribution is -0.143. The van der Waals surface area contributed by atoms with Gasteiger partial charge >= 0.3 is 11.9 Å². The van der Waals surface area contributed by atoms with Crippen LogP contribution in [0.2, 0.25) is 0 Å². The minimum Gasteiger partial charge on any atom is -0.481 e. The summed E-state index contributed by atoms with van der Waals surface area (Å²) in [6.07, 6.45) is -1.47. The minimum atomic E-state index is -1.76. The van der Waals surface area contributed by atoms with Crippen LogP contribution in [0.4, 0.5) is 0 Å². The number of H-pyrrole nitrogens is 1. The molecule has 25 nitrogen and oxygen atoms in total. The highest BCUT2D eigenvalue weighted by Crippen LogP contribution is 2.20. The number of fused-ring (bicyclic) bond motifs is 1. The van der Waals surface area contributed by atoms with Crippen molar-refractivity contribution in [3.63, 3.8) is 0 Å². The van der Waals surface area contributed by atoms with Crippen LogP contribution in [-0.2, 0) is 65.6 Å². The van der Waals surface area contributed by atoms with Gasteiger partial charge in [-0.3, -0.25) is 47.9 Å². The summed E-state index contributed by atoms with van der Waals surface area (Å²) in [4.78, 5) is 145. The number of rotatable bonds is 31. The van der Waals surface area contributed by atoms with Crippen molar-refractivity contribution in [2.75, 3.05) is 13.2 Å². The van der Waals surface area contributed by atoms with Gasteiger partial charge in [0.1, 0.15) is 36.3 Å². The number of hydrogen-bond donors (Lipinski definition) is 14. The Hall–Kier alpha value is -7.93. The summed E-state index contributed by atoms with van der Waals surface area (Å²) >= 11 is 0. The summed E-state index contributed by atoms with van der Waals surface area (Å²) in [5.41, 5.74) is 18.3. The molecule has 0 aliphatic heterocycles. The third-order valence-corrected chi connectivity index (χ3v) is 10.8. The molecule has 0 spiro atoms. The normalized spacial score (nSPS) is 14.0. The number of benzene rings is 2. The average Bonchev–Trinajstić information content (AvgIpc) is 3.72. The van der Waals surface area contributed by atoms with Gasteiger partial charge < -0.3 is 74.7 Å². The highest BCUT2D eigenvalue weighted by atomic mass is 16.4. The number of para-hydroxylation sites is 1. The van der Waals surface area contributed by atoms with Crippen molar-refractivity contribution in [3.8, 4) is 0 Å². The second-order valence-electron chi connectivity index (χ2n) is 17.1. The van der Waals surface area contributed by atoms with Gasteiger partial charge in [-0.25, -0.2) is 4.79 Å². The van der Waals surface area contributed by atoms with E-state index in [9.17, 15) is 63.0 Å². The SMILES string of the molecule is CC(C)C[C@H](NC(=O)CNC(=O)[C@@H](N)CCC(=O)O)C(=O)N[C@@H](Cc1c[nH]c2ccccc12)C(=O)N[C@@H](CCC(N)=O)C(=O)N[C@@H](Cc1ccccc1)C(=O)N[C@@H](CC(N)=O)C(=O)N[C@@H](CCO)C(=O)O. The predicted octanol–water partition coefficient (Wildman–Crippen LogP) is -3.18. The molecule has 0 fully saturated rings. The monoisotopic (exact) mass is 993 g/mol. The number of carbonyl (C=O) groups excluding carboxylic acids is 9. The summed E-state index contributed by atoms with van der Waals surface area (Å²) in [5, 5.41) is 45.4. The van der Waals surface area contributed by atoms with E-state index in [1.54, 1.807) is 74.6 Å². The van der Waals surface area contributed by atoms with E-state index in [1.165, 1.54) is 0 Å². The number of nitrogens with two attached hydrogens (primary N) is 3. The van der Waals surface area contributed by atoms with Crippen molar-refractivity contribution in [3.05, 3.63) is 71.9 Å². The zero-order valence-electron chi connectivity index (χ0n) is 39.2. The molecule has 3 rings (SSSR count). The number of primary amides is 2. The largest absolute Gasteiger partial charge is 0.481 e. The second kappa shape index (κ2) is 28.5. The Morgan fingerprint density at radius 3 is 1.73 bits per heavy atom. The van der Waals surface area contributed by atoms with Crippen molar-refractivity contribution in [2.24, 2.45) is 23.1 Å². The summed E-state index contributed by atoms with van der Waals surface area (Å²) in [6, 6.07) is 4.69. The van der Waals surface area contributed by atoms with E-state index in [4.69, 9.17) is 22.3 Å². The van der Waals surface area contributed by atoms with Crippen LogP contribution in [0.25, 0.3) is 10.9 Å². The molecule has 0 aliphatic carbocycles. The first-order valence-electron chi connectivity index (χ1n) is 22.6. The number of aliphatic carboxylic acids is 2. The lowest BCUT2D eigenvalue weighted by atomic mass is 10.00. The molecule has 25 heteroatoms. The smallest absolute Gasteiger partial charge is 0.326 e. The molecule has 0 saturated heterocycles. The molecule has 0 unspecified atom stereocenters. The van der Waals surface area contributed by atoms with E-state index in [0.717, 1.165) is 0 Å². The zero-order chi connectivity index (χ0) is 52.8. The van der Waals surface area contributed by atoms with Crippen LogP contribution in [0.5, 0.6) is 0 Å². The van der Waals surface area contributed by atoms with Gasteiger partial charge in [0.15, 0.2) is 0 Å². The second-order valence-corrected chi connectivity index (χ2v) is 17.1. The van der Waals surface area contributed by atoms with E-state index < -0.39 is 146 Å². The molecule has 3 aromatic rings. The average molecular weight is 994 g/mol. The lowest BCUT2D eigenvalue weighted by Gasteiger charge is -2.27. The molecule has 0 bridgehead atoms. The third-order valence-electron chi connectivity index (χ3n) is 10.8. The van der Waals surface area contributed by atoms with Crippen LogP contribution >= 0.6 is 0 Å². The highest BCUT2D eigenvalue weighted by Gasteiger charge is 2.35. The third kappa shape index (κ3) is 19.9. The Labute approximate surface area is 407 Å². The van der Waals surface area contributed by atoms with Crippen LogP contribution in [0.1, 0.15) is 69.9 Å². The zero-order valence-corrected chi connectivity index (χ0v) is 39.2. The highest BCUT2D eigenvalue weighted by molar-refractivity contribution is 5.98. The quantitative estimate of drug-likeness (QED) is 0.0302. The van der Waals surface area contributed by atoms with E-state index >= 15 is 0 Å². The number of hydrogen-bond acceptors (Lipinski definition) is 13. The summed E-state index contributed by atoms with van der Waals surface area (Å²) in [6.45, 7) is 2.27. The van der Waals surface area contributed by atoms with E-state index in [1.807, 2.05) is 0 Å². The summed E-state index contributed by atoms with van der Waals surface area (Å²) < 4.78 is 0. The fourth-order valence-electron chi connectivity index (χ4n) is 7.16. The van der Waals surface area contributed by atoms with Gasteiger partial charge in [0.25, 0.3) is 0 Å². The fourth-order valence-corrected chi connectivity index (χ4v) is 7.16. The molecule has 71 heavy (non-hydrogen) atoms. The number of carboxylic acid groups (broad SMARTS) is 2. The molecule has 17 N–H and O–H groups in total. The van der Waals surface area contributed by atoms with Gasteiger partial charge in [0.05, 0.1) is 19.0 Å². The fraction of sp³-hybridized carbons (Fsp3) is 0.457. The molecule has 0 saturated carbocycles. The Morgan fingerprint density at radius 1 is 0.592 bits per heavy atom. The Morgan fingerprint density at radius 2 is 1.14 bits per heavy atom. The van der Waals surface area contributed by atoms with Gasteiger partial charge in [-0.1, -0.05) is 62.4 Å². The van der Waals surface area contributed by atoms with Crippen LogP contribution in [0.3, 0.4) is 0 Å². The molecular weight excluding hydrogens is 931 g/mol. The summed E-state index contributed by atoms with van der Waals surface area (Å²) in [7, 11) is 0. The van der Waals surface area contributed by atoms with Crippen LogP contribution in [0, 0.1) is 5.92 Å². The van der Waals surface area contributed by atoms with Crippen LogP contribution in [0.15, 0.2) is 60.8 Å². The summed E-state index contributed by atoms with van der Waals surface area (Å²) in [5.74, 6) is -11.5. The van der Waals surface area contributed by atoms with E-state index in [0.29, 0.717) is 22.0 Å². The number of carbonyl (C=O) groups is 11.